The van der Waals surface area contributed by atoms with E-state index in [4.69, 9.17) is 5.73 Å². The Labute approximate surface area is 168 Å². The first kappa shape index (κ1) is 18.0. The highest BCUT2D eigenvalue weighted by molar-refractivity contribution is 9.11. The van der Waals surface area contributed by atoms with Gasteiger partial charge in [0.2, 0.25) is 0 Å². The molecular formula is C19H14Br2ClN3. The fourth-order valence-corrected chi connectivity index (χ4v) is 3.60. The molecule has 0 heterocycles. The van der Waals surface area contributed by atoms with E-state index in [9.17, 15) is 0 Å². The summed E-state index contributed by atoms with van der Waals surface area (Å²) in [6.07, 6.45) is 4.26. The molecule has 0 unspecified atom stereocenters. The van der Waals surface area contributed by atoms with E-state index >= 15 is 0 Å². The van der Waals surface area contributed by atoms with Crippen LogP contribution >= 0.6 is 44.3 Å². The molecule has 3 nitrogen and oxygen atoms in total. The Kier molecular flexibility index (Phi) is 5.18. The lowest BCUT2D eigenvalue weighted by Gasteiger charge is -2.10. The summed E-state index contributed by atoms with van der Waals surface area (Å²) in [6.45, 7) is 0. The van der Waals surface area contributed by atoms with Crippen LogP contribution < -0.4 is 11.1 Å². The summed E-state index contributed by atoms with van der Waals surface area (Å²) in [5.74, 6) is 0.348. The highest BCUT2D eigenvalue weighted by Gasteiger charge is 2.11. The molecule has 126 valence electrons. The molecular weight excluding hydrogens is 465 g/mol. The number of benzene rings is 3. The van der Waals surface area contributed by atoms with Crippen LogP contribution in [0.15, 0.2) is 62.5 Å². The predicted molar refractivity (Wildman–Crippen MR) is 117 cm³/mol. The molecule has 0 fully saturated rings. The van der Waals surface area contributed by atoms with Crippen LogP contribution in [0.3, 0.4) is 0 Å². The number of nitrogens with one attached hydrogen (secondary N) is 1. The normalized spacial score (nSPS) is 12.3. The van der Waals surface area contributed by atoms with Gasteiger partial charge in [-0.05, 0) is 56.7 Å². The molecule has 0 atom stereocenters. The Morgan fingerprint density at radius 2 is 1.72 bits per heavy atom. The summed E-state index contributed by atoms with van der Waals surface area (Å²) >= 11 is 6.97. The van der Waals surface area contributed by atoms with Gasteiger partial charge in [0.15, 0.2) is 5.96 Å². The summed E-state index contributed by atoms with van der Waals surface area (Å²) in [4.78, 5) is 4.58. The minimum atomic E-state index is 0. The van der Waals surface area contributed by atoms with Crippen molar-refractivity contribution in [2.75, 3.05) is 5.32 Å². The van der Waals surface area contributed by atoms with Crippen molar-refractivity contribution >= 4 is 84.5 Å². The SMILES string of the molecule is Cl.NC(=Nc1ccc2c3c(cccc13)C=C2)Nc1cc(Br)ccc1Br. The maximum Gasteiger partial charge on any atom is 0.198 e. The lowest BCUT2D eigenvalue weighted by molar-refractivity contribution is 1.44. The second-order valence-corrected chi connectivity index (χ2v) is 7.29. The van der Waals surface area contributed by atoms with Crippen molar-refractivity contribution in [3.63, 3.8) is 0 Å². The van der Waals surface area contributed by atoms with Crippen LogP contribution in [0.1, 0.15) is 11.1 Å². The highest BCUT2D eigenvalue weighted by atomic mass is 79.9. The smallest absolute Gasteiger partial charge is 0.198 e. The van der Waals surface area contributed by atoms with Gasteiger partial charge < -0.3 is 11.1 Å². The maximum atomic E-state index is 6.13. The molecule has 0 radical (unpaired) electrons. The Balaban J connectivity index is 0.00000182. The molecule has 0 saturated heterocycles. The van der Waals surface area contributed by atoms with Crippen molar-refractivity contribution in [2.45, 2.75) is 0 Å². The zero-order valence-electron chi connectivity index (χ0n) is 13.0. The monoisotopic (exact) mass is 477 g/mol. The van der Waals surface area contributed by atoms with E-state index < -0.39 is 0 Å². The van der Waals surface area contributed by atoms with Gasteiger partial charge in [0.05, 0.1) is 11.4 Å². The fraction of sp³-hybridized carbons (Fsp3) is 0. The predicted octanol–water partition coefficient (Wildman–Crippen LogP) is 6.33. The molecule has 6 heteroatoms. The minimum Gasteiger partial charge on any atom is -0.369 e. The van der Waals surface area contributed by atoms with Gasteiger partial charge in [-0.15, -0.1) is 12.4 Å². The Bertz CT molecular complexity index is 1020. The van der Waals surface area contributed by atoms with Crippen LogP contribution in [-0.4, -0.2) is 5.96 Å². The van der Waals surface area contributed by atoms with Crippen molar-refractivity contribution in [1.29, 1.82) is 0 Å². The number of guanidine groups is 1. The molecule has 0 bridgehead atoms. The molecule has 3 aromatic carbocycles. The summed E-state index contributed by atoms with van der Waals surface area (Å²) < 4.78 is 1.89. The number of nitrogens with zero attached hydrogens (tertiary/aromatic N) is 1. The van der Waals surface area contributed by atoms with E-state index in [1.54, 1.807) is 0 Å². The lowest BCUT2D eigenvalue weighted by Crippen LogP contribution is -2.22. The summed E-state index contributed by atoms with van der Waals surface area (Å²) in [5, 5.41) is 5.48. The van der Waals surface area contributed by atoms with Crippen LogP contribution in [0.4, 0.5) is 11.4 Å². The number of hydrogen-bond donors (Lipinski definition) is 2. The third-order valence-electron chi connectivity index (χ3n) is 3.96. The molecule has 3 aromatic rings. The zero-order valence-corrected chi connectivity index (χ0v) is 17.0. The molecule has 1 aliphatic carbocycles. The molecule has 0 spiro atoms. The number of hydrogen-bond acceptors (Lipinski definition) is 1. The van der Waals surface area contributed by atoms with Gasteiger partial charge in [-0.3, -0.25) is 0 Å². The molecule has 1 aliphatic rings. The van der Waals surface area contributed by atoms with Gasteiger partial charge in [-0.25, -0.2) is 4.99 Å². The number of rotatable bonds is 2. The Morgan fingerprint density at radius 3 is 2.52 bits per heavy atom. The van der Waals surface area contributed by atoms with E-state index in [0.29, 0.717) is 5.96 Å². The highest BCUT2D eigenvalue weighted by Crippen LogP contribution is 2.36. The molecule has 0 aliphatic heterocycles. The summed E-state index contributed by atoms with van der Waals surface area (Å²) in [7, 11) is 0. The van der Waals surface area contributed by atoms with Crippen molar-refractivity contribution in [1.82, 2.24) is 0 Å². The quantitative estimate of drug-likeness (QED) is 0.261. The number of anilines is 1. The molecule has 4 rings (SSSR count). The number of halogens is 3. The van der Waals surface area contributed by atoms with Crippen LogP contribution in [0.25, 0.3) is 22.9 Å². The van der Waals surface area contributed by atoms with Crippen LogP contribution in [0.2, 0.25) is 0 Å². The first-order valence-electron chi connectivity index (χ1n) is 7.42. The van der Waals surface area contributed by atoms with Crippen molar-refractivity contribution < 1.29 is 0 Å². The van der Waals surface area contributed by atoms with Crippen molar-refractivity contribution in [3.8, 4) is 0 Å². The third-order valence-corrected chi connectivity index (χ3v) is 5.14. The molecule has 25 heavy (non-hydrogen) atoms. The topological polar surface area (TPSA) is 50.4 Å². The number of aliphatic imine (C=N–C) groups is 1. The number of nitrogens with two attached hydrogens (primary N) is 1. The van der Waals surface area contributed by atoms with Crippen molar-refractivity contribution in [3.05, 3.63) is 68.6 Å². The largest absolute Gasteiger partial charge is 0.369 e. The second kappa shape index (κ2) is 7.20. The summed E-state index contributed by atoms with van der Waals surface area (Å²) in [5.41, 5.74) is 10.3. The van der Waals surface area contributed by atoms with Gasteiger partial charge in [-0.2, -0.15) is 0 Å². The van der Waals surface area contributed by atoms with E-state index in [2.05, 4.69) is 72.5 Å². The summed E-state index contributed by atoms with van der Waals surface area (Å²) in [6, 6.07) is 16.2. The molecule has 0 saturated carbocycles. The minimum absolute atomic E-state index is 0. The van der Waals surface area contributed by atoms with Gasteiger partial charge in [0.1, 0.15) is 0 Å². The molecule has 3 N–H and O–H groups in total. The van der Waals surface area contributed by atoms with Crippen molar-refractivity contribution in [2.24, 2.45) is 10.7 Å². The fourth-order valence-electron chi connectivity index (χ4n) is 2.89. The van der Waals surface area contributed by atoms with Gasteiger partial charge in [0, 0.05) is 14.3 Å². The van der Waals surface area contributed by atoms with Crippen LogP contribution in [0, 0.1) is 0 Å². The van der Waals surface area contributed by atoms with E-state index in [-0.39, 0.29) is 12.4 Å². The maximum absolute atomic E-state index is 6.13. The molecule has 0 amide bonds. The standard InChI is InChI=1S/C19H13Br2N3.ClH/c20-13-7-8-15(21)17(10-13)24-19(22)23-16-9-6-12-5-4-11-2-1-3-14(16)18(11)12;/h1-10H,(H3,22,23,24);1H. The first-order chi connectivity index (χ1) is 11.6. The van der Waals surface area contributed by atoms with Crippen LogP contribution in [0.5, 0.6) is 0 Å². The van der Waals surface area contributed by atoms with Crippen LogP contribution in [-0.2, 0) is 0 Å². The lowest BCUT2D eigenvalue weighted by atomic mass is 10.0. The first-order valence-corrected chi connectivity index (χ1v) is 9.00. The molecule has 0 aromatic heterocycles. The van der Waals surface area contributed by atoms with E-state index in [1.165, 1.54) is 16.5 Å². The third kappa shape index (κ3) is 3.45. The Hall–Kier alpha value is -1.82. The van der Waals surface area contributed by atoms with Gasteiger partial charge >= 0.3 is 0 Å². The average Bonchev–Trinajstić information content (AvgIpc) is 2.98. The Morgan fingerprint density at radius 1 is 0.960 bits per heavy atom. The van der Waals surface area contributed by atoms with Gasteiger partial charge in [-0.1, -0.05) is 52.3 Å². The van der Waals surface area contributed by atoms with Gasteiger partial charge in [0.25, 0.3) is 0 Å². The average molecular weight is 480 g/mol. The van der Waals surface area contributed by atoms with E-state index in [1.807, 2.05) is 30.3 Å². The second-order valence-electron chi connectivity index (χ2n) is 5.52. The van der Waals surface area contributed by atoms with E-state index in [0.717, 1.165) is 25.7 Å². The zero-order chi connectivity index (χ0) is 16.7.